The molecule has 1 fully saturated rings. The highest BCUT2D eigenvalue weighted by Crippen LogP contribution is 2.28. The molecular weight excluding hydrogens is 388 g/mol. The van der Waals surface area contributed by atoms with Gasteiger partial charge >= 0.3 is 0 Å². The molecule has 7 nitrogen and oxygen atoms in total. The number of amides is 1. The average molecular weight is 409 g/mol. The van der Waals surface area contributed by atoms with E-state index in [1.165, 1.54) is 18.2 Å². The topological polar surface area (TPSA) is 101 Å². The molecule has 2 aromatic rings. The summed E-state index contributed by atoms with van der Waals surface area (Å²) >= 11 is 0. The highest BCUT2D eigenvalue weighted by atomic mass is 32.2. The molecule has 0 radical (unpaired) electrons. The van der Waals surface area contributed by atoms with Gasteiger partial charge in [0.2, 0.25) is 26.0 Å². The smallest absolute Gasteiger partial charge is 0.242 e. The van der Waals surface area contributed by atoms with E-state index in [-0.39, 0.29) is 29.3 Å². The van der Waals surface area contributed by atoms with E-state index in [1.54, 1.807) is 6.92 Å². The Morgan fingerprint density at radius 3 is 2.37 bits per heavy atom. The third-order valence-electron chi connectivity index (χ3n) is 4.48. The van der Waals surface area contributed by atoms with Crippen LogP contribution < -0.4 is 9.03 Å². The first kappa shape index (κ1) is 19.5. The Morgan fingerprint density at radius 2 is 1.78 bits per heavy atom. The molecule has 1 N–H and O–H groups in total. The minimum atomic E-state index is -3.79. The molecule has 2 aromatic carbocycles. The largest absolute Gasteiger partial charge is 0.273 e. The Labute approximate surface area is 159 Å². The van der Waals surface area contributed by atoms with Crippen molar-refractivity contribution >= 4 is 31.6 Å². The fourth-order valence-electron chi connectivity index (χ4n) is 2.99. The van der Waals surface area contributed by atoms with Crippen molar-refractivity contribution in [2.75, 3.05) is 10.1 Å². The molecular formula is C18H20N2O5S2. The summed E-state index contributed by atoms with van der Waals surface area (Å²) in [5.74, 6) is -0.745. The molecule has 1 aliphatic rings. The molecule has 27 heavy (non-hydrogen) atoms. The van der Waals surface area contributed by atoms with Crippen molar-refractivity contribution in [1.29, 1.82) is 0 Å². The summed E-state index contributed by atoms with van der Waals surface area (Å²) in [6, 6.07) is 11.5. The first-order valence-corrected chi connectivity index (χ1v) is 11.4. The monoisotopic (exact) mass is 408 g/mol. The maximum Gasteiger partial charge on any atom is 0.242 e. The second kappa shape index (κ2) is 7.06. The summed E-state index contributed by atoms with van der Waals surface area (Å²) in [5, 5.41) is 0. The zero-order chi connectivity index (χ0) is 19.8. The molecule has 0 aromatic heterocycles. The molecule has 0 saturated carbocycles. The lowest BCUT2D eigenvalue weighted by molar-refractivity contribution is -0.116. The number of rotatable bonds is 5. The van der Waals surface area contributed by atoms with Crippen LogP contribution in [0.4, 0.5) is 5.69 Å². The van der Waals surface area contributed by atoms with Crippen LogP contribution in [0.2, 0.25) is 0 Å². The van der Waals surface area contributed by atoms with Gasteiger partial charge in [-0.2, -0.15) is 0 Å². The standard InChI is InChI=1S/C18H20N2O5S2/c1-13-5-3-4-6-15(13)12-19-27(24,25)17-8-7-16(11-14(17)2)20-18(21)9-10-26(20,22)23/h3-8,11,19H,9-10,12H2,1-2H3. The number of sulfonamides is 2. The molecule has 1 amide bonds. The lowest BCUT2D eigenvalue weighted by Crippen LogP contribution is -2.29. The molecule has 1 saturated heterocycles. The Hall–Kier alpha value is -2.23. The molecule has 0 unspecified atom stereocenters. The average Bonchev–Trinajstić information content (AvgIpc) is 2.86. The number of hydrogen-bond donors (Lipinski definition) is 1. The van der Waals surface area contributed by atoms with Gasteiger partial charge in [-0.15, -0.1) is 0 Å². The van der Waals surface area contributed by atoms with E-state index in [0.717, 1.165) is 15.4 Å². The van der Waals surface area contributed by atoms with Crippen LogP contribution in [0.1, 0.15) is 23.1 Å². The number of benzene rings is 2. The van der Waals surface area contributed by atoms with Crippen molar-refractivity contribution in [1.82, 2.24) is 4.72 Å². The molecule has 0 aliphatic carbocycles. The van der Waals surface area contributed by atoms with Crippen molar-refractivity contribution in [2.24, 2.45) is 0 Å². The van der Waals surface area contributed by atoms with E-state index < -0.39 is 26.0 Å². The first-order chi connectivity index (χ1) is 12.6. The molecule has 0 bridgehead atoms. The predicted octanol–water partition coefficient (Wildman–Crippen LogP) is 1.85. The van der Waals surface area contributed by atoms with Crippen molar-refractivity contribution in [2.45, 2.75) is 31.7 Å². The lowest BCUT2D eigenvalue weighted by Gasteiger charge is -2.17. The Balaban J connectivity index is 1.87. The summed E-state index contributed by atoms with van der Waals surface area (Å²) in [4.78, 5) is 11.9. The van der Waals surface area contributed by atoms with Crippen LogP contribution in [-0.2, 0) is 31.4 Å². The van der Waals surface area contributed by atoms with Crippen molar-refractivity contribution in [3.05, 3.63) is 59.2 Å². The number of nitrogens with zero attached hydrogens (tertiary/aromatic N) is 1. The van der Waals surface area contributed by atoms with Gasteiger partial charge in [-0.1, -0.05) is 24.3 Å². The van der Waals surface area contributed by atoms with Gasteiger partial charge in [-0.25, -0.2) is 25.9 Å². The summed E-state index contributed by atoms with van der Waals surface area (Å²) in [5.41, 5.74) is 2.36. The first-order valence-electron chi connectivity index (χ1n) is 8.32. The van der Waals surface area contributed by atoms with Crippen LogP contribution in [0, 0.1) is 13.8 Å². The lowest BCUT2D eigenvalue weighted by atomic mass is 10.1. The van der Waals surface area contributed by atoms with Gasteiger partial charge in [0, 0.05) is 13.0 Å². The summed E-state index contributed by atoms with van der Waals surface area (Å²) < 4.78 is 52.7. The Morgan fingerprint density at radius 1 is 1.07 bits per heavy atom. The summed E-state index contributed by atoms with van der Waals surface area (Å²) in [6.45, 7) is 3.62. The van der Waals surface area contributed by atoms with E-state index in [0.29, 0.717) is 5.56 Å². The van der Waals surface area contributed by atoms with E-state index in [4.69, 9.17) is 0 Å². The van der Waals surface area contributed by atoms with E-state index >= 15 is 0 Å². The van der Waals surface area contributed by atoms with Gasteiger partial charge in [0.25, 0.3) is 0 Å². The zero-order valence-corrected chi connectivity index (χ0v) is 16.6. The number of carbonyl (C=O) groups is 1. The minimum Gasteiger partial charge on any atom is -0.273 e. The van der Waals surface area contributed by atoms with Gasteiger partial charge < -0.3 is 0 Å². The van der Waals surface area contributed by atoms with Crippen LogP contribution in [0.25, 0.3) is 0 Å². The molecule has 1 heterocycles. The maximum absolute atomic E-state index is 12.7. The van der Waals surface area contributed by atoms with Crippen LogP contribution >= 0.6 is 0 Å². The predicted molar refractivity (Wildman–Crippen MR) is 102 cm³/mol. The van der Waals surface area contributed by atoms with Crippen LogP contribution in [-0.4, -0.2) is 28.5 Å². The minimum absolute atomic E-state index is 0.0453. The molecule has 1 aliphatic heterocycles. The van der Waals surface area contributed by atoms with Crippen LogP contribution in [0.15, 0.2) is 47.4 Å². The molecule has 3 rings (SSSR count). The van der Waals surface area contributed by atoms with Gasteiger partial charge in [0.05, 0.1) is 16.3 Å². The van der Waals surface area contributed by atoms with E-state index in [1.807, 2.05) is 31.2 Å². The van der Waals surface area contributed by atoms with E-state index in [9.17, 15) is 21.6 Å². The second-order valence-corrected chi connectivity index (χ2v) is 10.1. The van der Waals surface area contributed by atoms with Gasteiger partial charge in [0.1, 0.15) is 0 Å². The number of anilines is 1. The fraction of sp³-hybridized carbons (Fsp3) is 0.278. The SMILES string of the molecule is Cc1ccccc1CNS(=O)(=O)c1ccc(N2C(=O)CCS2(=O)=O)cc1C. The van der Waals surface area contributed by atoms with Crippen LogP contribution in [0.5, 0.6) is 0 Å². The second-order valence-electron chi connectivity index (χ2n) is 6.42. The summed E-state index contributed by atoms with van der Waals surface area (Å²) in [7, 11) is -7.48. The Bertz CT molecular complexity index is 1110. The van der Waals surface area contributed by atoms with Gasteiger partial charge in [-0.05, 0) is 48.7 Å². The fourth-order valence-corrected chi connectivity index (χ4v) is 5.67. The van der Waals surface area contributed by atoms with Crippen molar-refractivity contribution in [3.8, 4) is 0 Å². The molecule has 0 atom stereocenters. The molecule has 144 valence electrons. The van der Waals surface area contributed by atoms with Crippen molar-refractivity contribution in [3.63, 3.8) is 0 Å². The summed E-state index contributed by atoms with van der Waals surface area (Å²) in [6.07, 6.45) is -0.0700. The highest BCUT2D eigenvalue weighted by molar-refractivity contribution is 7.94. The maximum atomic E-state index is 12.7. The van der Waals surface area contributed by atoms with Crippen LogP contribution in [0.3, 0.4) is 0 Å². The molecule has 0 spiro atoms. The normalized spacial score (nSPS) is 16.7. The van der Waals surface area contributed by atoms with Gasteiger partial charge in [-0.3, -0.25) is 4.79 Å². The zero-order valence-electron chi connectivity index (χ0n) is 15.0. The van der Waals surface area contributed by atoms with Gasteiger partial charge in [0.15, 0.2) is 0 Å². The Kier molecular flexibility index (Phi) is 5.11. The quantitative estimate of drug-likeness (QED) is 0.814. The number of aryl methyl sites for hydroxylation is 2. The third-order valence-corrected chi connectivity index (χ3v) is 7.73. The molecule has 9 heteroatoms. The number of hydrogen-bond acceptors (Lipinski definition) is 5. The van der Waals surface area contributed by atoms with E-state index in [2.05, 4.69) is 4.72 Å². The van der Waals surface area contributed by atoms with Crippen molar-refractivity contribution < 1.29 is 21.6 Å². The number of nitrogens with one attached hydrogen (secondary N) is 1. The third kappa shape index (κ3) is 3.90. The highest BCUT2D eigenvalue weighted by Gasteiger charge is 2.36. The number of carbonyl (C=O) groups excluding carboxylic acids is 1.